The molecule has 0 spiro atoms. The molecule has 2 N–H and O–H groups in total. The van der Waals surface area contributed by atoms with Crippen LogP contribution in [0.2, 0.25) is 0 Å². The molecule has 0 bridgehead atoms. The zero-order valence-electron chi connectivity index (χ0n) is 12.3. The second-order valence-corrected chi connectivity index (χ2v) is 6.62. The van der Waals surface area contributed by atoms with Crippen molar-refractivity contribution in [2.75, 3.05) is 6.54 Å². The maximum atomic E-state index is 5.81. The van der Waals surface area contributed by atoms with Crippen molar-refractivity contribution in [2.24, 2.45) is 11.7 Å². The maximum Gasteiger partial charge on any atom is 0.133 e. The summed E-state index contributed by atoms with van der Waals surface area (Å²) in [5.41, 5.74) is 10.7. The van der Waals surface area contributed by atoms with E-state index in [1.54, 1.807) is 0 Å². The molecule has 0 radical (unpaired) electrons. The van der Waals surface area contributed by atoms with Gasteiger partial charge in [0, 0.05) is 22.3 Å². The van der Waals surface area contributed by atoms with Crippen LogP contribution in [0.3, 0.4) is 0 Å². The summed E-state index contributed by atoms with van der Waals surface area (Å²) < 4.78 is 1.12. The largest absolute Gasteiger partial charge is 0.330 e. The highest BCUT2D eigenvalue weighted by molar-refractivity contribution is 9.10. The van der Waals surface area contributed by atoms with Gasteiger partial charge in [0.25, 0.3) is 0 Å². The van der Waals surface area contributed by atoms with E-state index in [-0.39, 0.29) is 0 Å². The number of hydrogen-bond donors (Lipinski definition) is 1. The van der Waals surface area contributed by atoms with Gasteiger partial charge in [-0.05, 0) is 55.8 Å². The molecule has 1 aliphatic carbocycles. The number of aryl methyl sites for hydroxylation is 2. The van der Waals surface area contributed by atoms with Crippen molar-refractivity contribution in [1.29, 1.82) is 0 Å². The van der Waals surface area contributed by atoms with Crippen LogP contribution in [0.1, 0.15) is 34.8 Å². The predicted octanol–water partition coefficient (Wildman–Crippen LogP) is 3.20. The minimum Gasteiger partial charge on any atom is -0.330 e. The number of nitrogens with zero attached hydrogens (tertiary/aromatic N) is 2. The van der Waals surface area contributed by atoms with E-state index in [1.807, 2.05) is 6.07 Å². The number of rotatable bonds is 3. The van der Waals surface area contributed by atoms with E-state index in [2.05, 4.69) is 41.1 Å². The molecule has 21 heavy (non-hydrogen) atoms. The van der Waals surface area contributed by atoms with Gasteiger partial charge in [0.1, 0.15) is 5.82 Å². The van der Waals surface area contributed by atoms with Crippen molar-refractivity contribution in [1.82, 2.24) is 9.97 Å². The first kappa shape index (κ1) is 14.7. The molecule has 0 aliphatic heterocycles. The third kappa shape index (κ3) is 3.16. The third-order valence-corrected chi connectivity index (χ3v) is 5.04. The molecular weight excluding hydrogens is 326 g/mol. The van der Waals surface area contributed by atoms with Gasteiger partial charge >= 0.3 is 0 Å². The molecule has 0 fully saturated rings. The van der Waals surface area contributed by atoms with Crippen molar-refractivity contribution >= 4 is 15.9 Å². The number of aromatic nitrogens is 2. The first-order valence-corrected chi connectivity index (χ1v) is 8.25. The lowest BCUT2D eigenvalue weighted by molar-refractivity contribution is 0.458. The molecule has 0 saturated heterocycles. The molecule has 1 heterocycles. The fourth-order valence-electron chi connectivity index (χ4n) is 3.01. The summed E-state index contributed by atoms with van der Waals surface area (Å²) in [5.74, 6) is 1.51. The topological polar surface area (TPSA) is 51.8 Å². The van der Waals surface area contributed by atoms with Crippen molar-refractivity contribution in [2.45, 2.75) is 32.6 Å². The Labute approximate surface area is 134 Å². The van der Waals surface area contributed by atoms with E-state index in [4.69, 9.17) is 15.7 Å². The molecule has 110 valence electrons. The van der Waals surface area contributed by atoms with E-state index in [0.29, 0.717) is 5.92 Å². The van der Waals surface area contributed by atoms with Crippen LogP contribution in [0.25, 0.3) is 0 Å². The fraction of sp³-hybridized carbons (Fsp3) is 0.412. The minimum atomic E-state index is 0.592. The van der Waals surface area contributed by atoms with Gasteiger partial charge in [0.15, 0.2) is 0 Å². The first-order valence-electron chi connectivity index (χ1n) is 7.46. The molecule has 1 atom stereocenters. The van der Waals surface area contributed by atoms with Gasteiger partial charge in [-0.2, -0.15) is 0 Å². The quantitative estimate of drug-likeness (QED) is 0.929. The zero-order valence-corrected chi connectivity index (χ0v) is 13.9. The van der Waals surface area contributed by atoms with Crippen molar-refractivity contribution in [3.05, 3.63) is 57.1 Å². The van der Waals surface area contributed by atoms with Crippen molar-refractivity contribution < 1.29 is 0 Å². The third-order valence-electron chi connectivity index (χ3n) is 4.27. The van der Waals surface area contributed by atoms with Crippen LogP contribution in [0, 0.1) is 12.8 Å². The summed E-state index contributed by atoms with van der Waals surface area (Å²) >= 11 is 3.59. The van der Waals surface area contributed by atoms with E-state index in [0.717, 1.165) is 48.2 Å². The van der Waals surface area contributed by atoms with Gasteiger partial charge in [0.05, 0.1) is 0 Å². The summed E-state index contributed by atoms with van der Waals surface area (Å²) in [4.78, 5) is 9.53. The Morgan fingerprint density at radius 2 is 2.10 bits per heavy atom. The molecule has 0 amide bonds. The molecule has 3 rings (SSSR count). The van der Waals surface area contributed by atoms with Crippen LogP contribution in [-0.4, -0.2) is 16.5 Å². The highest BCUT2D eigenvalue weighted by atomic mass is 79.9. The lowest BCUT2D eigenvalue weighted by atomic mass is 9.86. The summed E-state index contributed by atoms with van der Waals surface area (Å²) in [6.45, 7) is 2.86. The van der Waals surface area contributed by atoms with Gasteiger partial charge in [-0.25, -0.2) is 9.97 Å². The Bertz CT molecular complexity index is 654. The standard InChI is InChI=1S/C17H20BrN3/c1-11-14-8-12(10-19)6-7-16(14)21-17(20-11)9-13-4-2-3-5-15(13)18/h2-5,12H,6-10,19H2,1H3. The van der Waals surface area contributed by atoms with Crippen LogP contribution < -0.4 is 5.73 Å². The van der Waals surface area contributed by atoms with Crippen molar-refractivity contribution in [3.8, 4) is 0 Å². The SMILES string of the molecule is Cc1nc(Cc2ccccc2Br)nc2c1CC(CN)CC2. The van der Waals surface area contributed by atoms with Gasteiger partial charge in [-0.15, -0.1) is 0 Å². The Kier molecular flexibility index (Phi) is 4.36. The van der Waals surface area contributed by atoms with Gasteiger partial charge in [-0.1, -0.05) is 34.1 Å². The summed E-state index contributed by atoms with van der Waals surface area (Å²) in [7, 11) is 0. The lowest BCUT2D eigenvalue weighted by Gasteiger charge is -2.24. The maximum absolute atomic E-state index is 5.81. The molecule has 2 aromatic rings. The fourth-order valence-corrected chi connectivity index (χ4v) is 3.44. The van der Waals surface area contributed by atoms with Gasteiger partial charge in [-0.3, -0.25) is 0 Å². The smallest absolute Gasteiger partial charge is 0.133 e. The van der Waals surface area contributed by atoms with Crippen LogP contribution >= 0.6 is 15.9 Å². The molecule has 1 unspecified atom stereocenters. The number of hydrogen-bond acceptors (Lipinski definition) is 3. The molecule has 1 aliphatic rings. The van der Waals surface area contributed by atoms with Gasteiger partial charge < -0.3 is 5.73 Å². The van der Waals surface area contributed by atoms with E-state index in [1.165, 1.54) is 16.8 Å². The van der Waals surface area contributed by atoms with Crippen molar-refractivity contribution in [3.63, 3.8) is 0 Å². The second kappa shape index (κ2) is 6.24. The Balaban J connectivity index is 1.89. The summed E-state index contributed by atoms with van der Waals surface area (Å²) in [6, 6.07) is 8.26. The molecular formula is C17H20BrN3. The Morgan fingerprint density at radius 3 is 2.86 bits per heavy atom. The highest BCUT2D eigenvalue weighted by Gasteiger charge is 2.21. The van der Waals surface area contributed by atoms with Gasteiger partial charge in [0.2, 0.25) is 0 Å². The number of halogens is 1. The molecule has 4 heteroatoms. The van der Waals surface area contributed by atoms with E-state index >= 15 is 0 Å². The van der Waals surface area contributed by atoms with E-state index < -0.39 is 0 Å². The molecule has 3 nitrogen and oxygen atoms in total. The Hall–Kier alpha value is -1.26. The van der Waals surface area contributed by atoms with Crippen LogP contribution in [0.5, 0.6) is 0 Å². The molecule has 1 aromatic carbocycles. The molecule has 0 saturated carbocycles. The molecule has 1 aromatic heterocycles. The predicted molar refractivity (Wildman–Crippen MR) is 88.3 cm³/mol. The lowest BCUT2D eigenvalue weighted by Crippen LogP contribution is -2.24. The normalized spacial score (nSPS) is 17.6. The highest BCUT2D eigenvalue weighted by Crippen LogP contribution is 2.26. The van der Waals surface area contributed by atoms with E-state index in [9.17, 15) is 0 Å². The summed E-state index contributed by atoms with van der Waals surface area (Å²) in [5, 5.41) is 0. The monoisotopic (exact) mass is 345 g/mol. The second-order valence-electron chi connectivity index (χ2n) is 5.76. The van der Waals surface area contributed by atoms with Crippen LogP contribution in [0.4, 0.5) is 0 Å². The number of benzene rings is 1. The number of nitrogens with two attached hydrogens (primary N) is 1. The van der Waals surface area contributed by atoms with Crippen LogP contribution in [0.15, 0.2) is 28.7 Å². The number of fused-ring (bicyclic) bond motifs is 1. The average molecular weight is 346 g/mol. The average Bonchev–Trinajstić information content (AvgIpc) is 2.49. The minimum absolute atomic E-state index is 0.592. The summed E-state index contributed by atoms with van der Waals surface area (Å²) in [6.07, 6.45) is 3.99. The zero-order chi connectivity index (χ0) is 14.8. The Morgan fingerprint density at radius 1 is 1.29 bits per heavy atom. The van der Waals surface area contributed by atoms with Crippen LogP contribution in [-0.2, 0) is 19.3 Å². The first-order chi connectivity index (χ1) is 10.2.